The number of imide groups is 1. The number of piperidine rings is 1. The summed E-state index contributed by atoms with van der Waals surface area (Å²) in [6.45, 7) is 2.78. The number of carbonyl (C=O) groups excluding carboxylic acids is 3. The Bertz CT molecular complexity index is 1450. The van der Waals surface area contributed by atoms with Crippen molar-refractivity contribution < 1.29 is 31.7 Å². The second-order valence-electron chi connectivity index (χ2n) is 9.20. The SMILES string of the molecule is [2H]C1([2H])c2c(NCc3cccc(CN4CC(C)OC(C)C4)c3F)cccc2C(=O)N1C1C(=O)NC(=O)C([2H])([2H])C1([2H])[2H]. The van der Waals surface area contributed by atoms with E-state index >= 15 is 4.39 Å². The van der Waals surface area contributed by atoms with E-state index < -0.39 is 48.8 Å². The molecule has 190 valence electrons. The second-order valence-corrected chi connectivity index (χ2v) is 9.20. The van der Waals surface area contributed by atoms with E-state index in [1.807, 2.05) is 13.8 Å². The summed E-state index contributed by atoms with van der Waals surface area (Å²) >= 11 is 0. The monoisotopic (exact) mass is 500 g/mol. The van der Waals surface area contributed by atoms with Crippen molar-refractivity contribution in [3.63, 3.8) is 0 Å². The molecule has 3 aliphatic rings. The zero-order valence-corrected chi connectivity index (χ0v) is 19.9. The van der Waals surface area contributed by atoms with E-state index in [1.165, 1.54) is 18.2 Å². The van der Waals surface area contributed by atoms with E-state index in [0.29, 0.717) is 35.7 Å². The molecule has 9 heteroatoms. The average Bonchev–Trinajstić information content (AvgIpc) is 3.09. The van der Waals surface area contributed by atoms with Crippen molar-refractivity contribution in [3.05, 3.63) is 64.5 Å². The average molecular weight is 501 g/mol. The van der Waals surface area contributed by atoms with Gasteiger partial charge in [0.15, 0.2) is 0 Å². The van der Waals surface area contributed by atoms with E-state index in [2.05, 4.69) is 10.2 Å². The highest BCUT2D eigenvalue weighted by molar-refractivity contribution is 6.06. The van der Waals surface area contributed by atoms with Crippen LogP contribution in [0.2, 0.25) is 0 Å². The van der Waals surface area contributed by atoms with Crippen LogP contribution < -0.4 is 10.6 Å². The van der Waals surface area contributed by atoms with Gasteiger partial charge in [0.05, 0.1) is 14.9 Å². The molecule has 0 saturated carbocycles. The number of hydrogen-bond acceptors (Lipinski definition) is 6. The van der Waals surface area contributed by atoms with E-state index in [0.717, 1.165) is 0 Å². The molecule has 2 aromatic rings. The smallest absolute Gasteiger partial charge is 0.255 e. The van der Waals surface area contributed by atoms with E-state index in [9.17, 15) is 14.4 Å². The quantitative estimate of drug-likeness (QED) is 0.593. The Morgan fingerprint density at radius 2 is 1.83 bits per heavy atom. The minimum atomic E-state index is -3.25. The zero-order chi connectivity index (χ0) is 30.8. The number of morpholine rings is 1. The van der Waals surface area contributed by atoms with E-state index in [4.69, 9.17) is 13.0 Å². The number of halogens is 1. The summed E-state index contributed by atoms with van der Waals surface area (Å²) in [7, 11) is 0. The minimum Gasteiger partial charge on any atom is -0.381 e. The van der Waals surface area contributed by atoms with Crippen molar-refractivity contribution >= 4 is 23.4 Å². The van der Waals surface area contributed by atoms with Crippen LogP contribution in [0.4, 0.5) is 10.1 Å². The summed E-state index contributed by atoms with van der Waals surface area (Å²) in [6.07, 6.45) is -6.43. The fourth-order valence-corrected chi connectivity index (χ4v) is 4.81. The molecule has 3 atom stereocenters. The third-order valence-electron chi connectivity index (χ3n) is 6.33. The first-order chi connectivity index (χ1) is 19.6. The third-order valence-corrected chi connectivity index (χ3v) is 6.33. The molecule has 0 aromatic heterocycles. The van der Waals surface area contributed by atoms with Gasteiger partial charge in [-0.1, -0.05) is 24.3 Å². The number of carbonyl (C=O) groups is 3. The van der Waals surface area contributed by atoms with Gasteiger partial charge in [-0.05, 0) is 32.4 Å². The molecule has 2 fully saturated rings. The normalized spacial score (nSPS) is 31.2. The van der Waals surface area contributed by atoms with Crippen LogP contribution in [-0.4, -0.2) is 58.9 Å². The van der Waals surface area contributed by atoms with Gasteiger partial charge >= 0.3 is 0 Å². The van der Waals surface area contributed by atoms with Gasteiger partial charge in [-0.3, -0.25) is 24.6 Å². The maximum Gasteiger partial charge on any atom is 0.255 e. The van der Waals surface area contributed by atoms with Crippen molar-refractivity contribution in [1.82, 2.24) is 15.1 Å². The molecule has 2 aromatic carbocycles. The molecule has 5 rings (SSSR count). The number of rotatable bonds is 6. The van der Waals surface area contributed by atoms with Gasteiger partial charge < -0.3 is 15.0 Å². The molecule has 0 bridgehead atoms. The van der Waals surface area contributed by atoms with Crippen molar-refractivity contribution in [1.29, 1.82) is 0 Å². The number of anilines is 1. The van der Waals surface area contributed by atoms with Crippen LogP contribution in [-0.2, 0) is 33.9 Å². The summed E-state index contributed by atoms with van der Waals surface area (Å²) in [5.41, 5.74) is 0.528. The second kappa shape index (κ2) is 9.99. The van der Waals surface area contributed by atoms with Gasteiger partial charge in [-0.15, -0.1) is 0 Å². The molecule has 3 amide bonds. The number of nitrogens with zero attached hydrogens (tertiary/aromatic N) is 2. The van der Waals surface area contributed by atoms with Crippen LogP contribution in [0, 0.1) is 5.82 Å². The molecular formula is C27H31FN4O4. The van der Waals surface area contributed by atoms with Crippen LogP contribution in [0.3, 0.4) is 0 Å². The molecular weight excluding hydrogens is 463 g/mol. The lowest BCUT2D eigenvalue weighted by Gasteiger charge is -2.35. The van der Waals surface area contributed by atoms with Crippen molar-refractivity contribution in [2.75, 3.05) is 18.4 Å². The molecule has 2 saturated heterocycles. The fourth-order valence-electron chi connectivity index (χ4n) is 4.81. The van der Waals surface area contributed by atoms with E-state index in [-0.39, 0.29) is 35.6 Å². The van der Waals surface area contributed by atoms with E-state index in [1.54, 1.807) is 23.5 Å². The summed E-state index contributed by atoms with van der Waals surface area (Å²) in [5.74, 6) is -4.32. The molecule has 0 spiro atoms. The Balaban J connectivity index is 1.41. The van der Waals surface area contributed by atoms with Crippen LogP contribution >= 0.6 is 0 Å². The number of ether oxygens (including phenoxy) is 1. The lowest BCUT2D eigenvalue weighted by molar-refractivity contribution is -0.136. The van der Waals surface area contributed by atoms with Crippen LogP contribution in [0.5, 0.6) is 0 Å². The maximum absolute atomic E-state index is 15.6. The highest BCUT2D eigenvalue weighted by Crippen LogP contribution is 2.32. The Morgan fingerprint density at radius 3 is 2.61 bits per heavy atom. The van der Waals surface area contributed by atoms with Gasteiger partial charge in [-0.2, -0.15) is 0 Å². The highest BCUT2D eigenvalue weighted by Gasteiger charge is 2.39. The molecule has 3 unspecified atom stereocenters. The Kier molecular flexibility index (Phi) is 5.00. The minimum absolute atomic E-state index is 0.0215. The summed E-state index contributed by atoms with van der Waals surface area (Å²) in [6, 6.07) is 6.98. The summed E-state index contributed by atoms with van der Waals surface area (Å²) in [5, 5.41) is 4.71. The number of hydrogen-bond donors (Lipinski definition) is 2. The van der Waals surface area contributed by atoms with Crippen molar-refractivity contribution in [2.45, 2.75) is 64.4 Å². The molecule has 8 nitrogen and oxygen atoms in total. The molecule has 2 N–H and O–H groups in total. The van der Waals surface area contributed by atoms with Gasteiger partial charge in [0.1, 0.15) is 11.9 Å². The standard InChI is InChI=1S/C27H31FN4O4/c1-16-12-31(13-17(2)36-16)14-19-6-3-5-18(25(19)28)11-29-22-8-4-7-20-21(22)15-32(27(20)35)23-9-10-24(33)30-26(23)34/h3-8,16-17,23,29H,9-15H2,1-2H3,(H,30,33,34)/i9D2,10D2,15D2. The Morgan fingerprint density at radius 1 is 1.11 bits per heavy atom. The maximum atomic E-state index is 15.6. The largest absolute Gasteiger partial charge is 0.381 e. The molecule has 36 heavy (non-hydrogen) atoms. The van der Waals surface area contributed by atoms with Crippen molar-refractivity contribution in [3.8, 4) is 0 Å². The Labute approximate surface area is 218 Å². The third kappa shape index (κ3) is 4.85. The molecule has 3 aliphatic heterocycles. The lowest BCUT2D eigenvalue weighted by Crippen LogP contribution is -2.52. The van der Waals surface area contributed by atoms with Gasteiger partial charge in [0, 0.05) is 72.5 Å². The van der Waals surface area contributed by atoms with Crippen LogP contribution in [0.15, 0.2) is 36.4 Å². The van der Waals surface area contributed by atoms with Gasteiger partial charge in [0.2, 0.25) is 11.8 Å². The molecule has 0 radical (unpaired) electrons. The zero-order valence-electron chi connectivity index (χ0n) is 25.9. The number of fused-ring (bicyclic) bond motifs is 1. The fraction of sp³-hybridized carbons (Fsp3) is 0.444. The molecule has 3 heterocycles. The van der Waals surface area contributed by atoms with Gasteiger partial charge in [-0.25, -0.2) is 4.39 Å². The Hall–Kier alpha value is -3.30. The predicted molar refractivity (Wildman–Crippen MR) is 131 cm³/mol. The number of nitrogens with one attached hydrogen (secondary N) is 2. The number of amides is 3. The highest BCUT2D eigenvalue weighted by atomic mass is 19.1. The van der Waals surface area contributed by atoms with Gasteiger partial charge in [0.25, 0.3) is 5.91 Å². The predicted octanol–water partition coefficient (Wildman–Crippen LogP) is 2.81. The van der Waals surface area contributed by atoms with Crippen molar-refractivity contribution in [2.24, 2.45) is 0 Å². The number of benzene rings is 2. The molecule has 0 aliphatic carbocycles. The summed E-state index contributed by atoms with van der Waals surface area (Å²) in [4.78, 5) is 40.7. The first-order valence-electron chi connectivity index (χ1n) is 14.8. The first kappa shape index (κ1) is 18.0. The van der Waals surface area contributed by atoms with Crippen LogP contribution in [0.1, 0.15) is 61.9 Å². The van der Waals surface area contributed by atoms with Crippen LogP contribution in [0.25, 0.3) is 0 Å². The lowest BCUT2D eigenvalue weighted by atomic mass is 10.0. The first-order valence-corrected chi connectivity index (χ1v) is 11.8. The summed E-state index contributed by atoms with van der Waals surface area (Å²) < 4.78 is 71.3. The topological polar surface area (TPSA) is 91.0 Å².